The number of carbonyl (C=O) groups is 1. The van der Waals surface area contributed by atoms with Crippen molar-refractivity contribution in [1.29, 1.82) is 0 Å². The lowest BCUT2D eigenvalue weighted by molar-refractivity contribution is -0.120. The Hall–Kier alpha value is -2.51. The normalized spacial score (nSPS) is 13.6. The third-order valence-corrected chi connectivity index (χ3v) is 5.95. The Labute approximate surface area is 158 Å². The summed E-state index contributed by atoms with van der Waals surface area (Å²) in [6.07, 6.45) is 2.89. The molecule has 2 aromatic rings. The van der Waals surface area contributed by atoms with Gasteiger partial charge in [0.1, 0.15) is 5.82 Å². The topological polar surface area (TPSA) is 75.3 Å². The third kappa shape index (κ3) is 5.24. The Morgan fingerprint density at radius 2 is 1.85 bits per heavy atom. The molecule has 7 heteroatoms. The van der Waals surface area contributed by atoms with E-state index in [4.69, 9.17) is 0 Å². The Balaban J connectivity index is 1.48. The van der Waals surface area contributed by atoms with Crippen molar-refractivity contribution < 1.29 is 17.6 Å². The van der Waals surface area contributed by atoms with Crippen LogP contribution in [0.1, 0.15) is 23.1 Å². The van der Waals surface area contributed by atoms with Crippen molar-refractivity contribution in [1.82, 2.24) is 10.0 Å². The van der Waals surface area contributed by atoms with Gasteiger partial charge in [-0.05, 0) is 47.7 Å². The zero-order valence-electron chi connectivity index (χ0n) is 14.7. The van der Waals surface area contributed by atoms with Crippen LogP contribution in [-0.2, 0) is 27.7 Å². The average molecular weight is 388 g/mol. The standard InChI is InChI=1S/C20H21FN2O3S/c21-18-7-3-4-15(12-18)13-20(24)22-10-11-23-27(25,26)19-9-8-16-5-1-2-6-17(16)14-19/h1-7,12,14,23H,8-11,13H2,(H,22,24). The van der Waals surface area contributed by atoms with Gasteiger partial charge in [-0.1, -0.05) is 36.4 Å². The first kappa shape index (κ1) is 19.3. The van der Waals surface area contributed by atoms with Gasteiger partial charge in [0.2, 0.25) is 15.9 Å². The summed E-state index contributed by atoms with van der Waals surface area (Å²) in [6, 6.07) is 13.5. The lowest BCUT2D eigenvalue weighted by Crippen LogP contribution is -2.36. The van der Waals surface area contributed by atoms with E-state index in [1.807, 2.05) is 24.3 Å². The molecular formula is C20H21FN2O3S. The van der Waals surface area contributed by atoms with Crippen LogP contribution < -0.4 is 10.0 Å². The summed E-state index contributed by atoms with van der Waals surface area (Å²) < 4.78 is 40.5. The van der Waals surface area contributed by atoms with Crippen LogP contribution in [0.25, 0.3) is 6.08 Å². The minimum Gasteiger partial charge on any atom is -0.355 e. The fraction of sp³-hybridized carbons (Fsp3) is 0.250. The van der Waals surface area contributed by atoms with E-state index in [1.54, 1.807) is 18.2 Å². The third-order valence-electron chi connectivity index (χ3n) is 4.35. The van der Waals surface area contributed by atoms with Crippen molar-refractivity contribution in [3.63, 3.8) is 0 Å². The number of fused-ring (bicyclic) bond motifs is 1. The summed E-state index contributed by atoms with van der Waals surface area (Å²) in [4.78, 5) is 12.2. The highest BCUT2D eigenvalue weighted by atomic mass is 32.2. The molecule has 1 aliphatic carbocycles. The molecule has 3 rings (SSSR count). The molecule has 1 aliphatic rings. The number of rotatable bonds is 7. The molecule has 5 nitrogen and oxygen atoms in total. The van der Waals surface area contributed by atoms with Crippen molar-refractivity contribution >= 4 is 22.0 Å². The second-order valence-electron chi connectivity index (χ2n) is 6.36. The highest BCUT2D eigenvalue weighted by Crippen LogP contribution is 2.26. The van der Waals surface area contributed by atoms with E-state index in [0.717, 1.165) is 11.1 Å². The van der Waals surface area contributed by atoms with Crippen LogP contribution in [0.4, 0.5) is 4.39 Å². The van der Waals surface area contributed by atoms with Crippen molar-refractivity contribution in [2.45, 2.75) is 19.3 Å². The summed E-state index contributed by atoms with van der Waals surface area (Å²) in [5, 5.41) is 2.63. The lowest BCUT2D eigenvalue weighted by atomic mass is 9.98. The predicted octanol–water partition coefficient (Wildman–Crippen LogP) is 2.39. The molecule has 0 aliphatic heterocycles. The number of halogens is 1. The van der Waals surface area contributed by atoms with Gasteiger partial charge in [-0.3, -0.25) is 4.79 Å². The number of hydrogen-bond donors (Lipinski definition) is 2. The molecule has 0 bridgehead atoms. The molecule has 0 heterocycles. The maximum atomic E-state index is 13.1. The first-order chi connectivity index (χ1) is 12.9. The summed E-state index contributed by atoms with van der Waals surface area (Å²) in [7, 11) is -3.58. The number of benzene rings is 2. The summed E-state index contributed by atoms with van der Waals surface area (Å²) in [5.41, 5.74) is 2.63. The zero-order valence-corrected chi connectivity index (χ0v) is 15.6. The minimum absolute atomic E-state index is 0.0481. The van der Waals surface area contributed by atoms with Crippen molar-refractivity contribution in [3.05, 3.63) is 75.9 Å². The zero-order chi connectivity index (χ0) is 19.3. The average Bonchev–Trinajstić information content (AvgIpc) is 2.65. The lowest BCUT2D eigenvalue weighted by Gasteiger charge is -2.17. The number of allylic oxidation sites excluding steroid dienone is 1. The van der Waals surface area contributed by atoms with Gasteiger partial charge in [0.15, 0.2) is 0 Å². The van der Waals surface area contributed by atoms with Crippen LogP contribution in [-0.4, -0.2) is 27.4 Å². The van der Waals surface area contributed by atoms with Crippen LogP contribution in [0.15, 0.2) is 53.4 Å². The molecule has 142 valence electrons. The van der Waals surface area contributed by atoms with Crippen LogP contribution in [0.5, 0.6) is 0 Å². The van der Waals surface area contributed by atoms with Crippen LogP contribution in [0, 0.1) is 5.82 Å². The number of aryl methyl sites for hydroxylation is 1. The Morgan fingerprint density at radius 3 is 2.67 bits per heavy atom. The quantitative estimate of drug-likeness (QED) is 0.715. The molecule has 0 aromatic heterocycles. The second-order valence-corrected chi connectivity index (χ2v) is 8.18. The number of hydrogen-bond acceptors (Lipinski definition) is 3. The van der Waals surface area contributed by atoms with E-state index in [1.165, 1.54) is 12.1 Å². The van der Waals surface area contributed by atoms with Gasteiger partial charge in [-0.15, -0.1) is 0 Å². The highest BCUT2D eigenvalue weighted by molar-refractivity contribution is 7.93. The molecule has 2 aromatic carbocycles. The summed E-state index contributed by atoms with van der Waals surface area (Å²) >= 11 is 0. The highest BCUT2D eigenvalue weighted by Gasteiger charge is 2.21. The predicted molar refractivity (Wildman–Crippen MR) is 103 cm³/mol. The maximum absolute atomic E-state index is 13.1. The SMILES string of the molecule is O=C(Cc1cccc(F)c1)NCCNS(=O)(=O)C1=Cc2ccccc2CC1. The number of nitrogens with one attached hydrogen (secondary N) is 2. The molecule has 1 amide bonds. The molecule has 0 saturated heterocycles. The van der Waals surface area contributed by atoms with Crippen molar-refractivity contribution in [2.75, 3.05) is 13.1 Å². The fourth-order valence-electron chi connectivity index (χ4n) is 2.99. The molecule has 0 radical (unpaired) electrons. The van der Waals surface area contributed by atoms with Gasteiger partial charge < -0.3 is 5.32 Å². The Morgan fingerprint density at radius 1 is 1.04 bits per heavy atom. The van der Waals surface area contributed by atoms with Crippen LogP contribution in [0.3, 0.4) is 0 Å². The molecule has 0 unspecified atom stereocenters. The van der Waals surface area contributed by atoms with E-state index >= 15 is 0 Å². The number of carbonyl (C=O) groups excluding carboxylic acids is 1. The molecule has 0 saturated carbocycles. The van der Waals surface area contributed by atoms with Crippen molar-refractivity contribution in [3.8, 4) is 0 Å². The van der Waals surface area contributed by atoms with E-state index in [2.05, 4.69) is 10.0 Å². The van der Waals surface area contributed by atoms with Crippen LogP contribution in [0.2, 0.25) is 0 Å². The van der Waals surface area contributed by atoms with Gasteiger partial charge in [-0.25, -0.2) is 17.5 Å². The molecule has 0 atom stereocenters. The van der Waals surface area contributed by atoms with E-state index in [-0.39, 0.29) is 25.4 Å². The van der Waals surface area contributed by atoms with E-state index < -0.39 is 15.8 Å². The van der Waals surface area contributed by atoms with Gasteiger partial charge >= 0.3 is 0 Å². The maximum Gasteiger partial charge on any atom is 0.236 e. The smallest absolute Gasteiger partial charge is 0.236 e. The molecule has 2 N–H and O–H groups in total. The first-order valence-corrected chi connectivity index (χ1v) is 10.2. The van der Waals surface area contributed by atoms with Crippen molar-refractivity contribution in [2.24, 2.45) is 0 Å². The number of sulfonamides is 1. The monoisotopic (exact) mass is 388 g/mol. The molecular weight excluding hydrogens is 367 g/mol. The van der Waals surface area contributed by atoms with Crippen LogP contribution >= 0.6 is 0 Å². The largest absolute Gasteiger partial charge is 0.355 e. The first-order valence-electron chi connectivity index (χ1n) is 8.73. The summed E-state index contributed by atoms with van der Waals surface area (Å²) in [6.45, 7) is 0.257. The summed E-state index contributed by atoms with van der Waals surface area (Å²) in [5.74, 6) is -0.680. The molecule has 27 heavy (non-hydrogen) atoms. The van der Waals surface area contributed by atoms with E-state index in [9.17, 15) is 17.6 Å². The van der Waals surface area contributed by atoms with E-state index in [0.29, 0.717) is 23.3 Å². The number of amides is 1. The second kappa shape index (κ2) is 8.45. The Kier molecular flexibility index (Phi) is 6.03. The van der Waals surface area contributed by atoms with Gasteiger partial charge in [-0.2, -0.15) is 0 Å². The molecule has 0 fully saturated rings. The van der Waals surface area contributed by atoms with Gasteiger partial charge in [0.05, 0.1) is 11.3 Å². The van der Waals surface area contributed by atoms with Gasteiger partial charge in [0.25, 0.3) is 0 Å². The van der Waals surface area contributed by atoms with Gasteiger partial charge in [0, 0.05) is 13.1 Å². The molecule has 0 spiro atoms. The minimum atomic E-state index is -3.58. The Bertz CT molecular complexity index is 971. The fourth-order valence-corrected chi connectivity index (χ4v) is 4.20.